The molecule has 2 aromatic heterocycles. The number of pyridine rings is 1. The summed E-state index contributed by atoms with van der Waals surface area (Å²) in [6.07, 6.45) is 5.97. The van der Waals surface area contributed by atoms with E-state index in [0.717, 1.165) is 5.69 Å². The molecule has 0 saturated heterocycles. The van der Waals surface area contributed by atoms with E-state index in [9.17, 15) is 9.59 Å². The molecule has 120 valence electrons. The van der Waals surface area contributed by atoms with Gasteiger partial charge in [0.2, 0.25) is 5.91 Å². The second kappa shape index (κ2) is 7.95. The van der Waals surface area contributed by atoms with Gasteiger partial charge in [-0.1, -0.05) is 0 Å². The van der Waals surface area contributed by atoms with Crippen LogP contribution in [0.3, 0.4) is 0 Å². The zero-order chi connectivity index (χ0) is 16.7. The summed E-state index contributed by atoms with van der Waals surface area (Å²) in [7, 11) is 3.12. The minimum absolute atomic E-state index is 0.178. The first kappa shape index (κ1) is 16.5. The minimum Gasteiger partial charge on any atom is -0.465 e. The number of amides is 1. The van der Waals surface area contributed by atoms with Crippen molar-refractivity contribution < 1.29 is 14.3 Å². The summed E-state index contributed by atoms with van der Waals surface area (Å²) in [4.78, 5) is 37.1. The molecule has 0 fully saturated rings. The minimum atomic E-state index is -0.430. The summed E-state index contributed by atoms with van der Waals surface area (Å²) in [6, 6.07) is 3.37. The zero-order valence-electron chi connectivity index (χ0n) is 12.9. The quantitative estimate of drug-likeness (QED) is 0.785. The van der Waals surface area contributed by atoms with Gasteiger partial charge in [0.15, 0.2) is 5.82 Å². The Morgan fingerprint density at radius 3 is 2.65 bits per heavy atom. The summed E-state index contributed by atoms with van der Waals surface area (Å²) >= 11 is 0. The normalized spacial score (nSPS) is 10.4. The molecule has 1 N–H and O–H groups in total. The second-order valence-electron chi connectivity index (χ2n) is 4.84. The van der Waals surface area contributed by atoms with Crippen molar-refractivity contribution in [1.82, 2.24) is 19.9 Å². The molecule has 2 heterocycles. The highest BCUT2D eigenvalue weighted by atomic mass is 16.5. The lowest BCUT2D eigenvalue weighted by molar-refractivity contribution is -0.117. The van der Waals surface area contributed by atoms with Crippen LogP contribution in [0, 0.1) is 0 Å². The number of esters is 1. The lowest BCUT2D eigenvalue weighted by Crippen LogP contribution is -2.30. The molecular weight excluding hydrogens is 298 g/mol. The number of hydrogen-bond donors (Lipinski definition) is 1. The number of rotatable bonds is 6. The number of ether oxygens (including phenoxy) is 1. The van der Waals surface area contributed by atoms with Crippen LogP contribution >= 0.6 is 0 Å². The molecule has 0 saturated carbocycles. The number of methoxy groups -OCH3 is 1. The average molecular weight is 315 g/mol. The fraction of sp³-hybridized carbons (Fsp3) is 0.267. The molecule has 0 atom stereocenters. The summed E-state index contributed by atoms with van der Waals surface area (Å²) in [6.45, 7) is 0.645. The monoisotopic (exact) mass is 315 g/mol. The maximum atomic E-state index is 11.9. The highest BCUT2D eigenvalue weighted by Gasteiger charge is 2.10. The lowest BCUT2D eigenvalue weighted by atomic mass is 10.2. The van der Waals surface area contributed by atoms with E-state index in [0.29, 0.717) is 17.9 Å². The third-order valence-corrected chi connectivity index (χ3v) is 2.92. The SMILES string of the molecule is COC(=O)c1ccc(CN(C)CC(=O)Nc2cnccn2)nc1. The van der Waals surface area contributed by atoms with Gasteiger partial charge in [0, 0.05) is 25.1 Å². The number of likely N-dealkylation sites (N-methyl/N-ethyl adjacent to an activating group) is 1. The number of nitrogens with zero attached hydrogens (tertiary/aromatic N) is 4. The molecule has 2 aromatic rings. The smallest absolute Gasteiger partial charge is 0.339 e. The van der Waals surface area contributed by atoms with Crippen molar-refractivity contribution in [3.05, 3.63) is 48.2 Å². The maximum Gasteiger partial charge on any atom is 0.339 e. The van der Waals surface area contributed by atoms with Crippen molar-refractivity contribution in [1.29, 1.82) is 0 Å². The van der Waals surface area contributed by atoms with Crippen LogP contribution < -0.4 is 5.32 Å². The van der Waals surface area contributed by atoms with Crippen LogP contribution in [0.2, 0.25) is 0 Å². The van der Waals surface area contributed by atoms with Crippen LogP contribution in [0.25, 0.3) is 0 Å². The number of carbonyl (C=O) groups excluding carboxylic acids is 2. The molecule has 0 bridgehead atoms. The fourth-order valence-corrected chi connectivity index (χ4v) is 1.88. The van der Waals surface area contributed by atoms with E-state index >= 15 is 0 Å². The van der Waals surface area contributed by atoms with E-state index in [-0.39, 0.29) is 12.5 Å². The predicted molar refractivity (Wildman–Crippen MR) is 82.6 cm³/mol. The van der Waals surface area contributed by atoms with Gasteiger partial charge in [-0.05, 0) is 19.2 Å². The Morgan fingerprint density at radius 2 is 2.04 bits per heavy atom. The van der Waals surface area contributed by atoms with E-state index in [1.165, 1.54) is 31.9 Å². The Kier molecular flexibility index (Phi) is 5.70. The van der Waals surface area contributed by atoms with Crippen molar-refractivity contribution in [3.8, 4) is 0 Å². The first-order valence-corrected chi connectivity index (χ1v) is 6.86. The summed E-state index contributed by atoms with van der Waals surface area (Å²) < 4.78 is 4.61. The molecule has 8 heteroatoms. The van der Waals surface area contributed by atoms with Crippen LogP contribution in [0.15, 0.2) is 36.9 Å². The molecule has 0 radical (unpaired) electrons. The average Bonchev–Trinajstić information content (AvgIpc) is 2.55. The molecule has 0 aliphatic carbocycles. The number of nitrogens with one attached hydrogen (secondary N) is 1. The highest BCUT2D eigenvalue weighted by Crippen LogP contribution is 2.05. The molecule has 8 nitrogen and oxygen atoms in total. The van der Waals surface area contributed by atoms with E-state index in [4.69, 9.17) is 0 Å². The molecule has 0 aliphatic rings. The first-order valence-electron chi connectivity index (χ1n) is 6.86. The molecule has 1 amide bonds. The van der Waals surface area contributed by atoms with Crippen LogP contribution in [0.5, 0.6) is 0 Å². The topological polar surface area (TPSA) is 97.3 Å². The van der Waals surface area contributed by atoms with Gasteiger partial charge in [-0.25, -0.2) is 9.78 Å². The Hall–Kier alpha value is -2.87. The summed E-state index contributed by atoms with van der Waals surface area (Å²) in [5, 5.41) is 2.65. The fourth-order valence-electron chi connectivity index (χ4n) is 1.88. The van der Waals surface area contributed by atoms with Gasteiger partial charge in [-0.2, -0.15) is 0 Å². The van der Waals surface area contributed by atoms with Gasteiger partial charge < -0.3 is 10.1 Å². The van der Waals surface area contributed by atoms with Crippen LogP contribution in [-0.2, 0) is 16.1 Å². The van der Waals surface area contributed by atoms with E-state index in [1.54, 1.807) is 24.1 Å². The van der Waals surface area contributed by atoms with Crippen LogP contribution in [0.1, 0.15) is 16.1 Å². The summed E-state index contributed by atoms with van der Waals surface area (Å²) in [5.41, 5.74) is 1.13. The maximum absolute atomic E-state index is 11.9. The van der Waals surface area contributed by atoms with Gasteiger partial charge in [-0.3, -0.25) is 19.7 Å². The number of anilines is 1. The van der Waals surface area contributed by atoms with Gasteiger partial charge >= 0.3 is 5.97 Å². The summed E-state index contributed by atoms with van der Waals surface area (Å²) in [5.74, 6) is -0.216. The van der Waals surface area contributed by atoms with Gasteiger partial charge in [0.1, 0.15) is 0 Å². The standard InChI is InChI=1S/C15H17N5O3/c1-20(10-14(21)19-13-8-16-5-6-17-13)9-12-4-3-11(7-18-12)15(22)23-2/h3-8H,9-10H2,1-2H3,(H,17,19,21). The zero-order valence-corrected chi connectivity index (χ0v) is 12.9. The molecule has 0 aliphatic heterocycles. The number of carbonyl (C=O) groups is 2. The van der Waals surface area contributed by atoms with Crippen molar-refractivity contribution in [2.24, 2.45) is 0 Å². The van der Waals surface area contributed by atoms with Crippen molar-refractivity contribution in [3.63, 3.8) is 0 Å². The third kappa shape index (κ3) is 5.11. The van der Waals surface area contributed by atoms with Gasteiger partial charge in [0.05, 0.1) is 31.1 Å². The third-order valence-electron chi connectivity index (χ3n) is 2.92. The molecule has 23 heavy (non-hydrogen) atoms. The van der Waals surface area contributed by atoms with Crippen LogP contribution in [-0.4, -0.2) is 52.4 Å². The van der Waals surface area contributed by atoms with Crippen molar-refractivity contribution in [2.75, 3.05) is 26.0 Å². The molecular formula is C15H17N5O3. The van der Waals surface area contributed by atoms with Crippen molar-refractivity contribution >= 4 is 17.7 Å². The second-order valence-corrected chi connectivity index (χ2v) is 4.84. The van der Waals surface area contributed by atoms with Crippen LogP contribution in [0.4, 0.5) is 5.82 Å². The highest BCUT2D eigenvalue weighted by molar-refractivity contribution is 5.91. The first-order chi connectivity index (χ1) is 11.1. The Balaban J connectivity index is 1.85. The predicted octanol–water partition coefficient (Wildman–Crippen LogP) is 0.729. The number of aromatic nitrogens is 3. The van der Waals surface area contributed by atoms with Gasteiger partial charge in [-0.15, -0.1) is 0 Å². The largest absolute Gasteiger partial charge is 0.465 e. The van der Waals surface area contributed by atoms with E-state index in [1.807, 2.05) is 0 Å². The Labute approximate surface area is 133 Å². The van der Waals surface area contributed by atoms with E-state index < -0.39 is 5.97 Å². The van der Waals surface area contributed by atoms with E-state index in [2.05, 4.69) is 25.0 Å². The Bertz CT molecular complexity index is 661. The molecule has 0 aromatic carbocycles. The van der Waals surface area contributed by atoms with Crippen molar-refractivity contribution in [2.45, 2.75) is 6.54 Å². The van der Waals surface area contributed by atoms with Gasteiger partial charge in [0.25, 0.3) is 0 Å². The molecule has 0 spiro atoms. The number of hydrogen-bond acceptors (Lipinski definition) is 7. The Morgan fingerprint density at radius 1 is 1.22 bits per heavy atom. The molecule has 0 unspecified atom stereocenters. The molecule has 2 rings (SSSR count). The lowest BCUT2D eigenvalue weighted by Gasteiger charge is -2.15.